The van der Waals surface area contributed by atoms with Crippen molar-refractivity contribution in [1.29, 1.82) is 0 Å². The first-order chi connectivity index (χ1) is 18.6. The van der Waals surface area contributed by atoms with Crippen LogP contribution in [0.4, 0.5) is 0 Å². The maximum Gasteiger partial charge on any atom is 0.192 e. The van der Waals surface area contributed by atoms with Crippen molar-refractivity contribution < 1.29 is 28.2 Å². The maximum absolute atomic E-state index is 13.7. The Labute approximate surface area is 250 Å². The van der Waals surface area contributed by atoms with E-state index in [9.17, 15) is 9.59 Å². The molecule has 2 aromatic carbocycles. The van der Waals surface area contributed by atoms with Crippen molar-refractivity contribution in [3.63, 3.8) is 0 Å². The molecule has 0 amide bonds. The van der Waals surface area contributed by atoms with Crippen LogP contribution in [0, 0.1) is 5.41 Å². The molecule has 0 bridgehead atoms. The molecule has 222 valence electrons. The quantitative estimate of drug-likeness (QED) is 0.108. The Morgan fingerprint density at radius 3 is 1.98 bits per heavy atom. The van der Waals surface area contributed by atoms with E-state index in [1.54, 1.807) is 14.0 Å². The number of halogens is 1. The summed E-state index contributed by atoms with van der Waals surface area (Å²) < 4.78 is 25.2. The van der Waals surface area contributed by atoms with Crippen LogP contribution in [0.1, 0.15) is 59.1 Å². The second-order valence-electron chi connectivity index (χ2n) is 12.4. The van der Waals surface area contributed by atoms with Gasteiger partial charge in [0.05, 0.1) is 37.4 Å². The van der Waals surface area contributed by atoms with Crippen LogP contribution in [-0.2, 0) is 36.7 Å². The lowest BCUT2D eigenvalue weighted by Gasteiger charge is -2.48. The number of benzene rings is 2. The fraction of sp³-hybridized carbons (Fsp3) is 0.562. The molecule has 0 aliphatic carbocycles. The number of hydrogen-bond acceptors (Lipinski definition) is 6. The van der Waals surface area contributed by atoms with Gasteiger partial charge in [0, 0.05) is 11.8 Å². The second-order valence-corrected chi connectivity index (χ2v) is 18.5. The minimum atomic E-state index is -2.28. The first-order valence-electron chi connectivity index (χ1n) is 13.8. The van der Waals surface area contributed by atoms with Crippen LogP contribution < -0.4 is 4.74 Å². The summed E-state index contributed by atoms with van der Waals surface area (Å²) in [5.74, 6) is 0.628. The summed E-state index contributed by atoms with van der Waals surface area (Å²) in [4.78, 5) is 25.2. The summed E-state index contributed by atoms with van der Waals surface area (Å²) in [6.07, 6.45) is -1.01. The van der Waals surface area contributed by atoms with Gasteiger partial charge < -0.3 is 23.4 Å². The van der Waals surface area contributed by atoms with Gasteiger partial charge in [0.1, 0.15) is 18.1 Å². The average Bonchev–Trinajstić information content (AvgIpc) is 2.89. The van der Waals surface area contributed by atoms with Gasteiger partial charge in [0.2, 0.25) is 0 Å². The number of carbonyl (C=O) groups is 2. The van der Waals surface area contributed by atoms with Crippen LogP contribution >= 0.6 is 15.9 Å². The summed E-state index contributed by atoms with van der Waals surface area (Å²) in [5, 5.41) is -0.0624. The van der Waals surface area contributed by atoms with Crippen molar-refractivity contribution in [1.82, 2.24) is 0 Å². The van der Waals surface area contributed by atoms with Gasteiger partial charge in [-0.15, -0.1) is 0 Å². The van der Waals surface area contributed by atoms with Crippen molar-refractivity contribution in [2.75, 3.05) is 7.11 Å². The Morgan fingerprint density at radius 1 is 0.925 bits per heavy atom. The van der Waals surface area contributed by atoms with Gasteiger partial charge in [-0.2, -0.15) is 0 Å². The van der Waals surface area contributed by atoms with E-state index in [4.69, 9.17) is 18.6 Å². The van der Waals surface area contributed by atoms with Gasteiger partial charge in [0.15, 0.2) is 14.1 Å². The lowest BCUT2D eigenvalue weighted by molar-refractivity contribution is -0.171. The van der Waals surface area contributed by atoms with Gasteiger partial charge in [0.25, 0.3) is 0 Å². The van der Waals surface area contributed by atoms with Crippen molar-refractivity contribution in [2.24, 2.45) is 5.41 Å². The summed E-state index contributed by atoms with van der Waals surface area (Å²) in [5.41, 5.74) is 1.12. The van der Waals surface area contributed by atoms with Crippen LogP contribution in [-0.4, -0.2) is 50.6 Å². The summed E-state index contributed by atoms with van der Waals surface area (Å²) in [6, 6.07) is 17.4. The van der Waals surface area contributed by atoms with E-state index in [1.165, 1.54) is 0 Å². The van der Waals surface area contributed by atoms with E-state index in [-0.39, 0.29) is 30.5 Å². The molecule has 0 radical (unpaired) electrons. The number of alkyl halides is 1. The minimum Gasteiger partial charge on any atom is -0.497 e. The van der Waals surface area contributed by atoms with Crippen LogP contribution in [0.5, 0.6) is 5.75 Å². The highest BCUT2D eigenvalue weighted by atomic mass is 79.9. The third kappa shape index (κ3) is 9.34. The number of carbonyl (C=O) groups excluding carboxylic acids is 2. The van der Waals surface area contributed by atoms with Gasteiger partial charge in [-0.05, 0) is 48.3 Å². The highest BCUT2D eigenvalue weighted by molar-refractivity contribution is 9.10. The number of aldehydes is 1. The van der Waals surface area contributed by atoms with Crippen LogP contribution in [0.2, 0.25) is 18.1 Å². The van der Waals surface area contributed by atoms with E-state index in [1.807, 2.05) is 68.4 Å². The standard InChI is InChI=1S/C32H47BrO6Si/c1-23(33)28(35)29(37-21-24-13-11-10-12-14-24)30(38-22-25-15-17-26(36-7)18-16-25)32(5,6)27(19-20-34)39-40(8,9)31(2,3)4/h10-18,20,23,27,29-30H,19,21-22H2,1-9H3/t23?,27-,29-,30-/m0/s1. The van der Waals surface area contributed by atoms with Crippen LogP contribution in [0.3, 0.4) is 0 Å². The molecule has 0 aliphatic rings. The lowest BCUT2D eigenvalue weighted by Crippen LogP contribution is -2.56. The molecule has 8 heteroatoms. The highest BCUT2D eigenvalue weighted by Gasteiger charge is 2.50. The molecule has 0 aromatic heterocycles. The van der Waals surface area contributed by atoms with E-state index in [2.05, 4.69) is 49.8 Å². The van der Waals surface area contributed by atoms with E-state index in [0.717, 1.165) is 23.2 Å². The van der Waals surface area contributed by atoms with Crippen molar-refractivity contribution in [2.45, 2.75) is 102 Å². The summed E-state index contributed by atoms with van der Waals surface area (Å²) in [6.45, 7) is 17.2. The molecular weight excluding hydrogens is 588 g/mol. The smallest absolute Gasteiger partial charge is 0.192 e. The monoisotopic (exact) mass is 634 g/mol. The first-order valence-corrected chi connectivity index (χ1v) is 17.7. The summed E-state index contributed by atoms with van der Waals surface area (Å²) >= 11 is 3.48. The van der Waals surface area contributed by atoms with E-state index >= 15 is 0 Å². The Balaban J connectivity index is 2.53. The van der Waals surface area contributed by atoms with Gasteiger partial charge >= 0.3 is 0 Å². The largest absolute Gasteiger partial charge is 0.497 e. The molecule has 0 saturated carbocycles. The van der Waals surface area contributed by atoms with E-state index < -0.39 is 36.9 Å². The molecule has 2 aromatic rings. The SMILES string of the molecule is COc1ccc(CO[C@@H]([C@@H](OCc2ccccc2)C(=O)C(C)Br)C(C)(C)[C@H](CC=O)O[Si](C)(C)C(C)(C)C)cc1. The van der Waals surface area contributed by atoms with Gasteiger partial charge in [-0.1, -0.05) is 93.0 Å². The Bertz CT molecular complexity index is 1060. The number of ketones is 1. The molecule has 0 heterocycles. The zero-order chi connectivity index (χ0) is 30.1. The molecule has 1 unspecified atom stereocenters. The fourth-order valence-electron chi connectivity index (χ4n) is 4.21. The highest BCUT2D eigenvalue weighted by Crippen LogP contribution is 2.43. The molecule has 0 fully saturated rings. The number of methoxy groups -OCH3 is 1. The lowest BCUT2D eigenvalue weighted by atomic mass is 9.76. The number of ether oxygens (including phenoxy) is 3. The topological polar surface area (TPSA) is 71.1 Å². The third-order valence-corrected chi connectivity index (χ3v) is 12.9. The summed E-state index contributed by atoms with van der Waals surface area (Å²) in [7, 11) is -0.650. The average molecular weight is 636 g/mol. The number of Topliss-reactive ketones (excluding diaryl/α,β-unsaturated/α-hetero) is 1. The molecule has 6 nitrogen and oxygen atoms in total. The van der Waals surface area contributed by atoms with Crippen molar-refractivity contribution in [3.05, 3.63) is 65.7 Å². The predicted molar refractivity (Wildman–Crippen MR) is 167 cm³/mol. The molecule has 0 N–H and O–H groups in total. The van der Waals surface area contributed by atoms with Gasteiger partial charge in [-0.3, -0.25) is 4.79 Å². The van der Waals surface area contributed by atoms with Crippen LogP contribution in [0.15, 0.2) is 54.6 Å². The minimum absolute atomic E-state index is 0.0624. The molecule has 0 aliphatic heterocycles. The predicted octanol–water partition coefficient (Wildman–Crippen LogP) is 7.52. The normalized spacial score (nSPS) is 15.7. The van der Waals surface area contributed by atoms with Crippen molar-refractivity contribution >= 4 is 36.3 Å². The Morgan fingerprint density at radius 2 is 1.48 bits per heavy atom. The Kier molecular flexibility index (Phi) is 12.8. The molecule has 4 atom stereocenters. The van der Waals surface area contributed by atoms with Crippen molar-refractivity contribution in [3.8, 4) is 5.75 Å². The third-order valence-electron chi connectivity index (χ3n) is 7.92. The second kappa shape index (κ2) is 14.9. The Hall–Kier alpha value is -1.84. The molecule has 0 spiro atoms. The zero-order valence-corrected chi connectivity index (χ0v) is 28.1. The number of rotatable bonds is 16. The zero-order valence-electron chi connectivity index (χ0n) is 25.5. The molecule has 0 saturated heterocycles. The maximum atomic E-state index is 13.7. The molecule has 2 rings (SSSR count). The van der Waals surface area contributed by atoms with Crippen LogP contribution in [0.25, 0.3) is 0 Å². The fourth-order valence-corrected chi connectivity index (χ4v) is 5.94. The van der Waals surface area contributed by atoms with E-state index in [0.29, 0.717) is 0 Å². The molecule has 40 heavy (non-hydrogen) atoms. The number of hydrogen-bond donors (Lipinski definition) is 0. The first kappa shape index (κ1) is 34.4. The van der Waals surface area contributed by atoms with Gasteiger partial charge in [-0.25, -0.2) is 0 Å². The molecular formula is C32H47BrO6Si.